The zero-order valence-electron chi connectivity index (χ0n) is 10.8. The molecular formula is C15H20N3. The lowest BCUT2D eigenvalue weighted by molar-refractivity contribution is 0.247. The van der Waals surface area contributed by atoms with E-state index in [0.29, 0.717) is 0 Å². The summed E-state index contributed by atoms with van der Waals surface area (Å²) in [5, 5.41) is 0. The summed E-state index contributed by atoms with van der Waals surface area (Å²) in [4.78, 5) is 7.00. The summed E-state index contributed by atoms with van der Waals surface area (Å²) < 4.78 is 2.27. The van der Waals surface area contributed by atoms with Crippen LogP contribution in [0, 0.1) is 6.42 Å². The Morgan fingerprint density at radius 1 is 1.06 bits per heavy atom. The van der Waals surface area contributed by atoms with Gasteiger partial charge in [0.2, 0.25) is 0 Å². The lowest BCUT2D eigenvalue weighted by Gasteiger charge is -2.26. The number of benzene rings is 1. The molecule has 0 saturated carbocycles. The van der Waals surface area contributed by atoms with Crippen LogP contribution in [0.5, 0.6) is 0 Å². The van der Waals surface area contributed by atoms with Crippen LogP contribution in [0.2, 0.25) is 0 Å². The van der Waals surface area contributed by atoms with Gasteiger partial charge < -0.3 is 9.47 Å². The Balaban J connectivity index is 1.56. The minimum absolute atomic E-state index is 1.07. The third kappa shape index (κ3) is 2.56. The highest BCUT2D eigenvalue weighted by molar-refractivity contribution is 5.74. The number of para-hydroxylation sites is 2. The topological polar surface area (TPSA) is 21.1 Å². The van der Waals surface area contributed by atoms with Crippen molar-refractivity contribution >= 4 is 11.0 Å². The highest BCUT2D eigenvalue weighted by Gasteiger charge is 2.09. The van der Waals surface area contributed by atoms with Crippen molar-refractivity contribution in [3.8, 4) is 0 Å². The van der Waals surface area contributed by atoms with Gasteiger partial charge in [-0.3, -0.25) is 0 Å². The summed E-state index contributed by atoms with van der Waals surface area (Å²) in [7, 11) is 0. The van der Waals surface area contributed by atoms with E-state index < -0.39 is 0 Å². The van der Waals surface area contributed by atoms with E-state index in [1.807, 2.05) is 12.4 Å². The molecule has 2 heterocycles. The third-order valence-electron chi connectivity index (χ3n) is 3.70. The summed E-state index contributed by atoms with van der Waals surface area (Å²) in [5.41, 5.74) is 2.36. The van der Waals surface area contributed by atoms with Gasteiger partial charge in [-0.2, -0.15) is 0 Å². The first-order valence-electron chi connectivity index (χ1n) is 6.87. The average Bonchev–Trinajstić information content (AvgIpc) is 2.84. The zero-order chi connectivity index (χ0) is 12.2. The molecule has 0 bridgehead atoms. The summed E-state index contributed by atoms with van der Waals surface area (Å²) >= 11 is 0. The van der Waals surface area contributed by atoms with Gasteiger partial charge in [0, 0.05) is 6.54 Å². The van der Waals surface area contributed by atoms with Crippen molar-refractivity contribution in [1.82, 2.24) is 14.5 Å². The Labute approximate surface area is 108 Å². The maximum absolute atomic E-state index is 4.43. The molecule has 1 fully saturated rings. The molecule has 2 aromatic rings. The Bertz CT molecular complexity index is 497. The quantitative estimate of drug-likeness (QED) is 0.822. The molecule has 1 saturated heterocycles. The minimum Gasteiger partial charge on any atom is -0.331 e. The number of imidazole rings is 1. The Morgan fingerprint density at radius 2 is 1.89 bits per heavy atom. The zero-order valence-corrected chi connectivity index (χ0v) is 10.8. The van der Waals surface area contributed by atoms with Gasteiger partial charge in [0.25, 0.3) is 0 Å². The molecular weight excluding hydrogens is 222 g/mol. The largest absolute Gasteiger partial charge is 0.331 e. The predicted octanol–water partition coefficient (Wildman–Crippen LogP) is 2.73. The Hall–Kier alpha value is -1.35. The van der Waals surface area contributed by atoms with Crippen molar-refractivity contribution in [3.05, 3.63) is 37.0 Å². The predicted molar refractivity (Wildman–Crippen MR) is 74.3 cm³/mol. The Kier molecular flexibility index (Phi) is 3.60. The molecule has 1 aromatic carbocycles. The second-order valence-corrected chi connectivity index (χ2v) is 4.99. The third-order valence-corrected chi connectivity index (χ3v) is 3.70. The van der Waals surface area contributed by atoms with Crippen molar-refractivity contribution in [2.24, 2.45) is 0 Å². The van der Waals surface area contributed by atoms with Crippen molar-refractivity contribution in [2.75, 3.05) is 19.6 Å². The van der Waals surface area contributed by atoms with E-state index in [0.717, 1.165) is 12.1 Å². The van der Waals surface area contributed by atoms with Gasteiger partial charge >= 0.3 is 0 Å². The van der Waals surface area contributed by atoms with Gasteiger partial charge in [-0.15, -0.1) is 0 Å². The maximum atomic E-state index is 4.43. The molecule has 1 aliphatic heterocycles. The first-order chi connectivity index (χ1) is 8.93. The molecule has 3 heteroatoms. The van der Waals surface area contributed by atoms with E-state index >= 15 is 0 Å². The van der Waals surface area contributed by atoms with Gasteiger partial charge in [0.1, 0.15) is 0 Å². The van der Waals surface area contributed by atoms with Crippen LogP contribution in [0.25, 0.3) is 11.0 Å². The summed E-state index contributed by atoms with van der Waals surface area (Å²) in [6.45, 7) is 4.76. The van der Waals surface area contributed by atoms with Crippen LogP contribution in [-0.4, -0.2) is 34.1 Å². The van der Waals surface area contributed by atoms with Crippen LogP contribution in [0.15, 0.2) is 30.6 Å². The number of fused-ring (bicyclic) bond motifs is 1. The van der Waals surface area contributed by atoms with E-state index in [2.05, 4.69) is 39.1 Å². The van der Waals surface area contributed by atoms with E-state index in [1.54, 1.807) is 0 Å². The van der Waals surface area contributed by atoms with Crippen LogP contribution in [-0.2, 0) is 6.54 Å². The molecule has 0 spiro atoms. The summed E-state index contributed by atoms with van der Waals surface area (Å²) in [6, 6.07) is 8.36. The molecule has 1 aliphatic rings. The fraction of sp³-hybridized carbons (Fsp3) is 0.467. The average molecular weight is 242 g/mol. The number of nitrogens with zero attached hydrogens (tertiary/aromatic N) is 3. The second-order valence-electron chi connectivity index (χ2n) is 4.99. The maximum Gasteiger partial charge on any atom is 0.0958 e. The second kappa shape index (κ2) is 5.53. The molecule has 1 aromatic heterocycles. The van der Waals surface area contributed by atoms with Crippen molar-refractivity contribution in [2.45, 2.75) is 25.8 Å². The number of likely N-dealkylation sites (tertiary alicyclic amines) is 1. The minimum atomic E-state index is 1.07. The fourth-order valence-electron chi connectivity index (χ4n) is 2.68. The number of aromatic nitrogens is 2. The van der Waals surface area contributed by atoms with Gasteiger partial charge in [0.05, 0.1) is 17.4 Å². The molecule has 3 rings (SSSR count). The van der Waals surface area contributed by atoms with Crippen LogP contribution in [0.4, 0.5) is 0 Å². The molecule has 0 aliphatic carbocycles. The SMILES string of the molecule is [CH]1CCN(CCCn2cnc3ccccc32)CC1. The fourth-order valence-corrected chi connectivity index (χ4v) is 2.68. The summed E-state index contributed by atoms with van der Waals surface area (Å²) in [6.07, 6.45) is 8.09. The molecule has 0 atom stereocenters. The molecule has 0 unspecified atom stereocenters. The van der Waals surface area contributed by atoms with Gasteiger partial charge in [-0.05, 0) is 57.5 Å². The first-order valence-corrected chi connectivity index (χ1v) is 6.87. The van der Waals surface area contributed by atoms with Gasteiger partial charge in [0.15, 0.2) is 0 Å². The van der Waals surface area contributed by atoms with Crippen LogP contribution < -0.4 is 0 Å². The van der Waals surface area contributed by atoms with Gasteiger partial charge in [-0.25, -0.2) is 4.98 Å². The molecule has 0 N–H and O–H groups in total. The molecule has 1 radical (unpaired) electrons. The lowest BCUT2D eigenvalue weighted by atomic mass is 10.1. The summed E-state index contributed by atoms with van der Waals surface area (Å²) in [5.74, 6) is 0. The van der Waals surface area contributed by atoms with Gasteiger partial charge in [-0.1, -0.05) is 12.1 Å². The van der Waals surface area contributed by atoms with Crippen LogP contribution in [0.3, 0.4) is 0 Å². The van der Waals surface area contributed by atoms with Crippen LogP contribution >= 0.6 is 0 Å². The van der Waals surface area contributed by atoms with E-state index in [-0.39, 0.29) is 0 Å². The lowest BCUT2D eigenvalue weighted by Crippen LogP contribution is -2.31. The smallest absolute Gasteiger partial charge is 0.0958 e. The molecule has 18 heavy (non-hydrogen) atoms. The standard InChI is InChI=1S/C15H20N3/c1-4-9-17(10-5-1)11-6-12-18-13-16-14-7-2-3-8-15(14)18/h1-3,7-8,13H,4-6,9-12H2. The number of rotatable bonds is 4. The monoisotopic (exact) mass is 242 g/mol. The van der Waals surface area contributed by atoms with E-state index in [4.69, 9.17) is 0 Å². The number of hydrogen-bond donors (Lipinski definition) is 0. The number of piperidine rings is 1. The Morgan fingerprint density at radius 3 is 2.78 bits per heavy atom. The number of hydrogen-bond acceptors (Lipinski definition) is 2. The molecule has 95 valence electrons. The molecule has 3 nitrogen and oxygen atoms in total. The van der Waals surface area contributed by atoms with Crippen molar-refractivity contribution in [1.29, 1.82) is 0 Å². The van der Waals surface area contributed by atoms with E-state index in [9.17, 15) is 0 Å². The highest BCUT2D eigenvalue weighted by Crippen LogP contribution is 2.13. The van der Waals surface area contributed by atoms with Crippen molar-refractivity contribution < 1.29 is 0 Å². The first kappa shape index (κ1) is 11.7. The van der Waals surface area contributed by atoms with E-state index in [1.165, 1.54) is 44.4 Å². The highest BCUT2D eigenvalue weighted by atomic mass is 15.1. The van der Waals surface area contributed by atoms with Crippen molar-refractivity contribution in [3.63, 3.8) is 0 Å². The van der Waals surface area contributed by atoms with Crippen LogP contribution in [0.1, 0.15) is 19.3 Å². The molecule has 0 amide bonds. The normalized spacial score (nSPS) is 17.3. The number of aryl methyl sites for hydroxylation is 1.